The van der Waals surface area contributed by atoms with E-state index in [0.717, 1.165) is 12.8 Å². The number of hydrogen-bond acceptors (Lipinski definition) is 8. The molecular weight excluding hydrogens is 350 g/mol. The van der Waals surface area contributed by atoms with E-state index >= 15 is 0 Å². The van der Waals surface area contributed by atoms with Gasteiger partial charge in [0.25, 0.3) is 5.89 Å². The normalized spacial score (nSPS) is 13.4. The Bertz CT molecular complexity index is 962. The molecule has 1 aliphatic carbocycles. The van der Waals surface area contributed by atoms with Gasteiger partial charge in [0.05, 0.1) is 7.11 Å². The van der Waals surface area contributed by atoms with Crippen molar-refractivity contribution in [1.29, 1.82) is 0 Å². The first-order valence-electron chi connectivity index (χ1n) is 8.41. The molecule has 2 N–H and O–H groups in total. The molecule has 2 heterocycles. The Labute approximate surface area is 154 Å². The Hall–Kier alpha value is -3.49. The largest absolute Gasteiger partial charge is 0.481 e. The predicted molar refractivity (Wildman–Crippen MR) is 94.5 cm³/mol. The van der Waals surface area contributed by atoms with Crippen LogP contribution in [0.15, 0.2) is 34.9 Å². The maximum absolute atomic E-state index is 10.7. The van der Waals surface area contributed by atoms with Crippen molar-refractivity contribution in [1.82, 2.24) is 20.2 Å². The summed E-state index contributed by atoms with van der Waals surface area (Å²) in [6.45, 7) is 0. The van der Waals surface area contributed by atoms with Crippen molar-refractivity contribution in [2.24, 2.45) is 0 Å². The molecule has 0 unspecified atom stereocenters. The Morgan fingerprint density at radius 3 is 2.70 bits per heavy atom. The van der Waals surface area contributed by atoms with E-state index in [1.54, 1.807) is 0 Å². The predicted octanol–water partition coefficient (Wildman–Crippen LogP) is 1.74. The number of nitrogens with zero attached hydrogens (tertiary/aromatic N) is 4. The fraction of sp³-hybridized carbons (Fsp3) is 0.278. The Kier molecular flexibility index (Phi) is 4.41. The number of hydrogen-bond donors (Lipinski definition) is 2. The fourth-order valence-electron chi connectivity index (χ4n) is 3.14. The molecule has 0 bridgehead atoms. The lowest BCUT2D eigenvalue weighted by Crippen LogP contribution is -2.21. The van der Waals surface area contributed by atoms with Crippen molar-refractivity contribution in [2.75, 3.05) is 12.4 Å². The number of aromatic nitrogens is 4. The lowest BCUT2D eigenvalue weighted by Gasteiger charge is -2.13. The van der Waals surface area contributed by atoms with Crippen LogP contribution in [0.4, 0.5) is 5.95 Å². The monoisotopic (exact) mass is 367 g/mol. The first-order valence-corrected chi connectivity index (χ1v) is 8.41. The molecule has 3 aromatic rings. The fourth-order valence-corrected chi connectivity index (χ4v) is 3.14. The molecule has 27 heavy (non-hydrogen) atoms. The van der Waals surface area contributed by atoms with E-state index in [-0.39, 0.29) is 30.1 Å². The van der Waals surface area contributed by atoms with Crippen molar-refractivity contribution in [3.05, 3.63) is 47.5 Å². The summed E-state index contributed by atoms with van der Waals surface area (Å²) in [5, 5.41) is 19.7. The summed E-state index contributed by atoms with van der Waals surface area (Å²) in [7, 11) is 1.48. The molecule has 0 saturated heterocycles. The van der Waals surface area contributed by atoms with Gasteiger partial charge in [-0.15, -0.1) is 10.2 Å². The van der Waals surface area contributed by atoms with Crippen LogP contribution in [0.5, 0.6) is 5.88 Å². The number of benzene rings is 1. The van der Waals surface area contributed by atoms with Gasteiger partial charge in [-0.3, -0.25) is 4.79 Å². The summed E-state index contributed by atoms with van der Waals surface area (Å²) in [5.74, 6) is -0.217. The van der Waals surface area contributed by atoms with E-state index in [1.165, 1.54) is 24.4 Å². The zero-order valence-corrected chi connectivity index (χ0v) is 14.5. The summed E-state index contributed by atoms with van der Waals surface area (Å²) in [4.78, 5) is 19.4. The highest BCUT2D eigenvalue weighted by Crippen LogP contribution is 2.29. The van der Waals surface area contributed by atoms with E-state index in [2.05, 4.69) is 37.6 Å². The Morgan fingerprint density at radius 2 is 2.04 bits per heavy atom. The van der Waals surface area contributed by atoms with Crippen molar-refractivity contribution >= 4 is 11.9 Å². The molecule has 4 rings (SSSR count). The van der Waals surface area contributed by atoms with Crippen LogP contribution in [0.3, 0.4) is 0 Å². The molecule has 0 saturated carbocycles. The van der Waals surface area contributed by atoms with Crippen LogP contribution in [0.1, 0.15) is 17.0 Å². The zero-order chi connectivity index (χ0) is 18.8. The number of anilines is 1. The van der Waals surface area contributed by atoms with Crippen molar-refractivity contribution < 1.29 is 19.1 Å². The molecule has 0 aliphatic heterocycles. The van der Waals surface area contributed by atoms with E-state index in [4.69, 9.17) is 14.3 Å². The summed E-state index contributed by atoms with van der Waals surface area (Å²) in [5.41, 5.74) is 3.06. The lowest BCUT2D eigenvalue weighted by molar-refractivity contribution is -0.136. The number of methoxy groups -OCH3 is 1. The summed E-state index contributed by atoms with van der Waals surface area (Å²) < 4.78 is 10.7. The minimum atomic E-state index is -1.05. The average Bonchev–Trinajstić information content (AvgIpc) is 3.27. The number of nitrogens with one attached hydrogen (secondary N) is 1. The average molecular weight is 367 g/mol. The minimum absolute atomic E-state index is 0.00507. The first-order chi connectivity index (χ1) is 13.1. The topological polar surface area (TPSA) is 123 Å². The molecular formula is C18H17N5O4. The smallest absolute Gasteiger partial charge is 0.312 e. The van der Waals surface area contributed by atoms with Crippen LogP contribution in [0, 0.1) is 0 Å². The third-order valence-electron chi connectivity index (χ3n) is 4.33. The third kappa shape index (κ3) is 3.57. The molecule has 2 aromatic heterocycles. The molecule has 0 amide bonds. The summed E-state index contributed by atoms with van der Waals surface area (Å²) in [6.07, 6.45) is 2.99. The third-order valence-corrected chi connectivity index (χ3v) is 4.33. The van der Waals surface area contributed by atoms with Crippen LogP contribution in [0.25, 0.3) is 11.5 Å². The number of carboxylic acids is 1. The highest BCUT2D eigenvalue weighted by molar-refractivity contribution is 5.69. The van der Waals surface area contributed by atoms with E-state index in [0.29, 0.717) is 11.5 Å². The van der Waals surface area contributed by atoms with Gasteiger partial charge >= 0.3 is 5.97 Å². The number of aliphatic carboxylic acids is 1. The van der Waals surface area contributed by atoms with Crippen molar-refractivity contribution in [2.45, 2.75) is 25.3 Å². The number of carboxylic acid groups (broad SMARTS) is 1. The quantitative estimate of drug-likeness (QED) is 0.670. The number of carbonyl (C=O) groups is 1. The van der Waals surface area contributed by atoms with Crippen LogP contribution in [0.2, 0.25) is 0 Å². The Morgan fingerprint density at radius 1 is 1.30 bits per heavy atom. The van der Waals surface area contributed by atoms with Crippen molar-refractivity contribution in [3.63, 3.8) is 0 Å². The van der Waals surface area contributed by atoms with E-state index < -0.39 is 5.97 Å². The highest BCUT2D eigenvalue weighted by Gasteiger charge is 2.23. The maximum Gasteiger partial charge on any atom is 0.312 e. The van der Waals surface area contributed by atoms with Gasteiger partial charge in [0.2, 0.25) is 17.7 Å². The van der Waals surface area contributed by atoms with Gasteiger partial charge in [-0.25, -0.2) is 4.98 Å². The summed E-state index contributed by atoms with van der Waals surface area (Å²) in [6, 6.07) is 8.55. The van der Waals surface area contributed by atoms with Gasteiger partial charge in [0, 0.05) is 12.2 Å². The van der Waals surface area contributed by atoms with Gasteiger partial charge in [-0.1, -0.05) is 24.3 Å². The van der Waals surface area contributed by atoms with Crippen LogP contribution in [-0.4, -0.2) is 44.4 Å². The van der Waals surface area contributed by atoms with Gasteiger partial charge in [0.1, 0.15) is 12.0 Å². The molecule has 9 heteroatoms. The molecule has 9 nitrogen and oxygen atoms in total. The molecule has 138 valence electrons. The SMILES string of the molecule is COc1nc(NC2Cc3ccccc3C2)ncc1-c1nnc(CC(=O)O)o1. The molecule has 1 aliphatic rings. The molecule has 0 atom stereocenters. The maximum atomic E-state index is 10.7. The number of ether oxygens (including phenoxy) is 1. The molecule has 0 fully saturated rings. The van der Waals surface area contributed by atoms with Crippen molar-refractivity contribution in [3.8, 4) is 17.3 Å². The highest BCUT2D eigenvalue weighted by atomic mass is 16.5. The standard InChI is InChI=1S/C18H17N5O4/c1-26-16-13(17-23-22-14(27-17)8-15(24)25)9-19-18(21-16)20-12-6-10-4-2-3-5-11(10)7-12/h2-5,9,12H,6-8H2,1H3,(H,24,25)(H,19,20,21). The first kappa shape index (κ1) is 17.0. The van der Waals surface area contributed by atoms with Gasteiger partial charge in [0.15, 0.2) is 0 Å². The second kappa shape index (κ2) is 7.02. The second-order valence-corrected chi connectivity index (χ2v) is 6.21. The van der Waals surface area contributed by atoms with E-state index in [1.807, 2.05) is 12.1 Å². The van der Waals surface area contributed by atoms with Gasteiger partial charge in [-0.2, -0.15) is 4.98 Å². The van der Waals surface area contributed by atoms with Crippen LogP contribution >= 0.6 is 0 Å². The van der Waals surface area contributed by atoms with Crippen LogP contribution in [-0.2, 0) is 24.1 Å². The summed E-state index contributed by atoms with van der Waals surface area (Å²) >= 11 is 0. The molecule has 1 aromatic carbocycles. The van der Waals surface area contributed by atoms with E-state index in [9.17, 15) is 4.79 Å². The Balaban J connectivity index is 1.52. The van der Waals surface area contributed by atoms with Gasteiger partial charge < -0.3 is 19.6 Å². The molecule has 0 radical (unpaired) electrons. The second-order valence-electron chi connectivity index (χ2n) is 6.21. The number of fused-ring (bicyclic) bond motifs is 1. The zero-order valence-electron chi connectivity index (χ0n) is 14.5. The minimum Gasteiger partial charge on any atom is -0.481 e. The number of rotatable bonds is 6. The van der Waals surface area contributed by atoms with Gasteiger partial charge in [-0.05, 0) is 24.0 Å². The van der Waals surface area contributed by atoms with Crippen LogP contribution < -0.4 is 10.1 Å². The lowest BCUT2D eigenvalue weighted by atomic mass is 10.1. The molecule has 0 spiro atoms.